The lowest BCUT2D eigenvalue weighted by molar-refractivity contribution is 0.612. The number of hydrogen-bond acceptors (Lipinski definition) is 4. The number of hydrogen-bond donors (Lipinski definition) is 2. The maximum absolute atomic E-state index is 8.76. The van der Waals surface area contributed by atoms with Crippen LogP contribution in [0.1, 0.15) is 31.7 Å². The lowest BCUT2D eigenvalue weighted by Gasteiger charge is -2.16. The van der Waals surface area contributed by atoms with Gasteiger partial charge >= 0.3 is 0 Å². The van der Waals surface area contributed by atoms with Crippen molar-refractivity contribution in [3.05, 3.63) is 23.9 Å². The summed E-state index contributed by atoms with van der Waals surface area (Å²) in [4.78, 5) is 4.17. The molecule has 4 nitrogen and oxygen atoms in total. The maximum Gasteiger partial charge on any atom is 0.127 e. The fraction of sp³-hybridized carbons (Fsp3) is 0.500. The largest absolute Gasteiger partial charge is 0.366 e. The molecule has 4 heteroatoms. The van der Waals surface area contributed by atoms with Crippen molar-refractivity contribution in [3.8, 4) is 6.07 Å². The third kappa shape index (κ3) is 3.87. The molecule has 3 N–H and O–H groups in total. The van der Waals surface area contributed by atoms with Gasteiger partial charge in [0.05, 0.1) is 11.6 Å². The molecule has 0 fully saturated rings. The first-order chi connectivity index (χ1) is 7.80. The average Bonchev–Trinajstić information content (AvgIpc) is 2.34. The highest BCUT2D eigenvalue weighted by Crippen LogP contribution is 2.09. The SMILES string of the molecule is CCCCC(CN)Nc1cc(C#N)ccn1. The Morgan fingerprint density at radius 1 is 1.62 bits per heavy atom. The van der Waals surface area contributed by atoms with E-state index in [-0.39, 0.29) is 6.04 Å². The van der Waals surface area contributed by atoms with Gasteiger partial charge in [-0.3, -0.25) is 0 Å². The second-order valence-electron chi connectivity index (χ2n) is 3.76. The Morgan fingerprint density at radius 2 is 2.44 bits per heavy atom. The highest BCUT2D eigenvalue weighted by molar-refractivity contribution is 5.43. The predicted molar refractivity (Wildman–Crippen MR) is 64.9 cm³/mol. The van der Waals surface area contributed by atoms with E-state index in [4.69, 9.17) is 11.0 Å². The summed E-state index contributed by atoms with van der Waals surface area (Å²) in [6.07, 6.45) is 4.97. The smallest absolute Gasteiger partial charge is 0.127 e. The molecule has 1 atom stereocenters. The standard InChI is InChI=1S/C12H18N4/c1-2-3-4-11(9-14)16-12-7-10(8-13)5-6-15-12/h5-7,11H,2-4,9,14H2,1H3,(H,15,16). The first kappa shape index (κ1) is 12.5. The van der Waals surface area contributed by atoms with Crippen LogP contribution in [0.2, 0.25) is 0 Å². The van der Waals surface area contributed by atoms with Gasteiger partial charge in [-0.25, -0.2) is 4.98 Å². The Hall–Kier alpha value is -1.60. The van der Waals surface area contributed by atoms with Crippen LogP contribution in [0.5, 0.6) is 0 Å². The van der Waals surface area contributed by atoms with Crippen LogP contribution in [0.15, 0.2) is 18.3 Å². The average molecular weight is 218 g/mol. The van der Waals surface area contributed by atoms with E-state index < -0.39 is 0 Å². The molecule has 1 heterocycles. The topological polar surface area (TPSA) is 74.7 Å². The van der Waals surface area contributed by atoms with E-state index in [1.54, 1.807) is 18.3 Å². The van der Waals surface area contributed by atoms with E-state index in [1.165, 1.54) is 0 Å². The zero-order valence-electron chi connectivity index (χ0n) is 9.61. The van der Waals surface area contributed by atoms with E-state index in [9.17, 15) is 0 Å². The van der Waals surface area contributed by atoms with E-state index >= 15 is 0 Å². The Morgan fingerprint density at radius 3 is 3.06 bits per heavy atom. The molecule has 1 aromatic rings. The van der Waals surface area contributed by atoms with Crippen molar-refractivity contribution in [1.82, 2.24) is 4.98 Å². The normalized spacial score (nSPS) is 11.8. The fourth-order valence-corrected chi connectivity index (χ4v) is 1.49. The molecule has 1 rings (SSSR count). The monoisotopic (exact) mass is 218 g/mol. The number of rotatable bonds is 6. The number of aromatic nitrogens is 1. The molecule has 0 aliphatic heterocycles. The number of anilines is 1. The van der Waals surface area contributed by atoms with E-state index in [0.29, 0.717) is 12.1 Å². The Balaban J connectivity index is 2.59. The van der Waals surface area contributed by atoms with Crippen LogP contribution >= 0.6 is 0 Å². The van der Waals surface area contributed by atoms with Crippen LogP contribution in [0, 0.1) is 11.3 Å². The van der Waals surface area contributed by atoms with Gasteiger partial charge in [-0.05, 0) is 18.6 Å². The van der Waals surface area contributed by atoms with Crippen LogP contribution in [0.4, 0.5) is 5.82 Å². The van der Waals surface area contributed by atoms with E-state index in [0.717, 1.165) is 25.1 Å². The molecule has 0 aliphatic carbocycles. The summed E-state index contributed by atoms with van der Waals surface area (Å²) in [6, 6.07) is 5.76. The third-order valence-corrected chi connectivity index (χ3v) is 2.43. The second-order valence-corrected chi connectivity index (χ2v) is 3.76. The summed E-state index contributed by atoms with van der Waals surface area (Å²) < 4.78 is 0. The zero-order chi connectivity index (χ0) is 11.8. The molecule has 0 saturated carbocycles. The number of nitrogens with two attached hydrogens (primary N) is 1. The summed E-state index contributed by atoms with van der Waals surface area (Å²) >= 11 is 0. The van der Waals surface area contributed by atoms with Crippen molar-refractivity contribution >= 4 is 5.82 Å². The molecule has 0 bridgehead atoms. The first-order valence-corrected chi connectivity index (χ1v) is 5.63. The first-order valence-electron chi connectivity index (χ1n) is 5.63. The molecular weight excluding hydrogens is 200 g/mol. The molecule has 0 saturated heterocycles. The zero-order valence-corrected chi connectivity index (χ0v) is 9.61. The summed E-state index contributed by atoms with van der Waals surface area (Å²) in [7, 11) is 0. The van der Waals surface area contributed by atoms with Gasteiger partial charge in [-0.2, -0.15) is 5.26 Å². The maximum atomic E-state index is 8.76. The van der Waals surface area contributed by atoms with Crippen LogP contribution in [0.25, 0.3) is 0 Å². The van der Waals surface area contributed by atoms with Crippen molar-refractivity contribution in [2.45, 2.75) is 32.2 Å². The van der Waals surface area contributed by atoms with Gasteiger partial charge in [0, 0.05) is 18.8 Å². The van der Waals surface area contributed by atoms with Gasteiger partial charge in [0.1, 0.15) is 5.82 Å². The van der Waals surface area contributed by atoms with Gasteiger partial charge in [-0.1, -0.05) is 19.8 Å². The molecule has 1 aromatic heterocycles. The van der Waals surface area contributed by atoms with Crippen LogP contribution in [-0.4, -0.2) is 17.6 Å². The molecule has 0 spiro atoms. The van der Waals surface area contributed by atoms with Crippen molar-refractivity contribution in [2.75, 3.05) is 11.9 Å². The van der Waals surface area contributed by atoms with E-state index in [2.05, 4.69) is 23.3 Å². The van der Waals surface area contributed by atoms with Crippen LogP contribution < -0.4 is 11.1 Å². The molecule has 86 valence electrons. The number of pyridine rings is 1. The van der Waals surface area contributed by atoms with Gasteiger partial charge in [0.2, 0.25) is 0 Å². The number of nitrogens with one attached hydrogen (secondary N) is 1. The Kier molecular flexibility index (Phi) is 5.30. The molecule has 16 heavy (non-hydrogen) atoms. The van der Waals surface area contributed by atoms with Gasteiger partial charge in [-0.15, -0.1) is 0 Å². The van der Waals surface area contributed by atoms with Crippen molar-refractivity contribution in [3.63, 3.8) is 0 Å². The Labute approximate surface area is 96.5 Å². The molecule has 0 aliphatic rings. The third-order valence-electron chi connectivity index (χ3n) is 2.43. The minimum atomic E-state index is 0.237. The minimum Gasteiger partial charge on any atom is -0.366 e. The van der Waals surface area contributed by atoms with Crippen LogP contribution in [-0.2, 0) is 0 Å². The number of unbranched alkanes of at least 4 members (excludes halogenated alkanes) is 1. The van der Waals surface area contributed by atoms with Crippen molar-refractivity contribution in [2.24, 2.45) is 5.73 Å². The summed E-state index contributed by atoms with van der Waals surface area (Å²) in [5.74, 6) is 0.727. The molecule has 1 unspecified atom stereocenters. The van der Waals surface area contributed by atoms with Gasteiger partial charge < -0.3 is 11.1 Å². The Bertz CT molecular complexity index is 356. The number of nitrogens with zero attached hydrogens (tertiary/aromatic N) is 2. The lowest BCUT2D eigenvalue weighted by Crippen LogP contribution is -2.29. The summed E-state index contributed by atoms with van der Waals surface area (Å²) in [5, 5.41) is 12.0. The molecular formula is C12H18N4. The minimum absolute atomic E-state index is 0.237. The highest BCUT2D eigenvalue weighted by atomic mass is 15.0. The van der Waals surface area contributed by atoms with Gasteiger partial charge in [0.15, 0.2) is 0 Å². The highest BCUT2D eigenvalue weighted by Gasteiger charge is 2.06. The molecule has 0 aromatic carbocycles. The fourth-order valence-electron chi connectivity index (χ4n) is 1.49. The second kappa shape index (κ2) is 6.81. The quantitative estimate of drug-likeness (QED) is 0.764. The molecule has 0 amide bonds. The molecule has 0 radical (unpaired) electrons. The summed E-state index contributed by atoms with van der Waals surface area (Å²) in [6.45, 7) is 2.74. The number of nitriles is 1. The van der Waals surface area contributed by atoms with Gasteiger partial charge in [0.25, 0.3) is 0 Å². The van der Waals surface area contributed by atoms with E-state index in [1.807, 2.05) is 0 Å². The van der Waals surface area contributed by atoms with Crippen LogP contribution in [0.3, 0.4) is 0 Å². The predicted octanol–water partition coefficient (Wildman–Crippen LogP) is 1.88. The summed E-state index contributed by atoms with van der Waals surface area (Å²) in [5.41, 5.74) is 6.29. The van der Waals surface area contributed by atoms with Crippen molar-refractivity contribution < 1.29 is 0 Å². The lowest BCUT2D eigenvalue weighted by atomic mass is 10.1. The van der Waals surface area contributed by atoms with Crippen molar-refractivity contribution in [1.29, 1.82) is 5.26 Å².